The van der Waals surface area contributed by atoms with E-state index in [0.717, 1.165) is 5.56 Å². The molecule has 0 saturated carbocycles. The maximum Gasteiger partial charge on any atom is 0.409 e. The van der Waals surface area contributed by atoms with Crippen LogP contribution in [-0.4, -0.2) is 65.1 Å². The van der Waals surface area contributed by atoms with E-state index in [1.165, 1.54) is 22.2 Å². The van der Waals surface area contributed by atoms with Crippen LogP contribution in [0.3, 0.4) is 0 Å². The normalized spacial score (nSPS) is 13.7. The minimum Gasteiger partial charge on any atom is -0.450 e. The molecule has 176 valence electrons. The molecule has 0 aliphatic carbocycles. The van der Waals surface area contributed by atoms with E-state index >= 15 is 0 Å². The quantitative estimate of drug-likeness (QED) is 0.722. The molecule has 3 amide bonds. The molecule has 1 N–H and O–H groups in total. The van der Waals surface area contributed by atoms with Gasteiger partial charge in [0, 0.05) is 51.2 Å². The van der Waals surface area contributed by atoms with Crippen molar-refractivity contribution in [1.29, 1.82) is 0 Å². The average molecular weight is 455 g/mol. The van der Waals surface area contributed by atoms with Gasteiger partial charge < -0.3 is 24.4 Å². The first-order valence-corrected chi connectivity index (χ1v) is 11.1. The number of hydrogen-bond donors (Lipinski definition) is 1. The number of nitrogens with one attached hydrogen (secondary N) is 1. The first-order valence-electron chi connectivity index (χ1n) is 11.1. The molecule has 1 aromatic heterocycles. The first kappa shape index (κ1) is 24.0. The molecule has 33 heavy (non-hydrogen) atoms. The van der Waals surface area contributed by atoms with E-state index in [0.29, 0.717) is 13.1 Å². The molecule has 0 bridgehead atoms. The number of carbonyl (C=O) groups is 3. The number of nitrogens with zero attached hydrogens (tertiary/aromatic N) is 3. The van der Waals surface area contributed by atoms with Gasteiger partial charge in [0.1, 0.15) is 11.1 Å². The summed E-state index contributed by atoms with van der Waals surface area (Å²) in [5, 5.41) is 2.76. The summed E-state index contributed by atoms with van der Waals surface area (Å²) < 4.78 is 6.70. The predicted molar refractivity (Wildman–Crippen MR) is 123 cm³/mol. The monoisotopic (exact) mass is 454 g/mol. The van der Waals surface area contributed by atoms with E-state index in [-0.39, 0.29) is 43.4 Å². The summed E-state index contributed by atoms with van der Waals surface area (Å²) in [4.78, 5) is 54.1. The summed E-state index contributed by atoms with van der Waals surface area (Å²) in [6.45, 7) is 7.30. The third-order valence-corrected chi connectivity index (χ3v) is 5.51. The molecule has 0 atom stereocenters. The second-order valence-electron chi connectivity index (χ2n) is 8.10. The van der Waals surface area contributed by atoms with Gasteiger partial charge in [0.25, 0.3) is 11.8 Å². The largest absolute Gasteiger partial charge is 0.450 e. The van der Waals surface area contributed by atoms with E-state index < -0.39 is 23.3 Å². The molecule has 2 heterocycles. The fourth-order valence-corrected chi connectivity index (χ4v) is 3.56. The van der Waals surface area contributed by atoms with Crippen LogP contribution >= 0.6 is 0 Å². The number of pyridine rings is 1. The van der Waals surface area contributed by atoms with Gasteiger partial charge in [-0.3, -0.25) is 14.4 Å². The van der Waals surface area contributed by atoms with Crippen LogP contribution in [0.25, 0.3) is 0 Å². The van der Waals surface area contributed by atoms with Gasteiger partial charge >= 0.3 is 6.09 Å². The van der Waals surface area contributed by atoms with Gasteiger partial charge in [-0.05, 0) is 26.3 Å². The highest BCUT2D eigenvalue weighted by atomic mass is 16.6. The van der Waals surface area contributed by atoms with Crippen molar-refractivity contribution in [3.8, 4) is 0 Å². The summed E-state index contributed by atoms with van der Waals surface area (Å²) >= 11 is 0. The average Bonchev–Trinajstić information content (AvgIpc) is 2.83. The maximum absolute atomic E-state index is 13.2. The molecule has 1 aliphatic heterocycles. The van der Waals surface area contributed by atoms with Crippen molar-refractivity contribution in [2.75, 3.05) is 32.8 Å². The van der Waals surface area contributed by atoms with Crippen LogP contribution < -0.4 is 10.7 Å². The molecule has 0 radical (unpaired) electrons. The Balaban J connectivity index is 1.79. The minimum atomic E-state index is -0.602. The predicted octanol–water partition coefficient (Wildman–Crippen LogP) is 2.27. The third kappa shape index (κ3) is 5.79. The molecule has 1 fully saturated rings. The molecule has 1 saturated heterocycles. The van der Waals surface area contributed by atoms with Gasteiger partial charge in [0.05, 0.1) is 6.61 Å². The van der Waals surface area contributed by atoms with E-state index in [1.54, 1.807) is 11.5 Å². The SMILES string of the molecule is CCOC(=O)N1CCN(C(=O)c2cn(C(C)C)cc(C(=O)NCc3ccccc3)c2=O)CC1. The standard InChI is InChI=1S/C24H30N4O5/c1-4-33-24(32)27-12-10-26(11-13-27)23(31)20-16-28(17(2)3)15-19(21(20)29)22(30)25-14-18-8-6-5-7-9-18/h5-9,15-17H,4,10-14H2,1-3H3,(H,25,30). The summed E-state index contributed by atoms with van der Waals surface area (Å²) in [6, 6.07) is 9.32. The lowest BCUT2D eigenvalue weighted by molar-refractivity contribution is 0.0568. The fourth-order valence-electron chi connectivity index (χ4n) is 3.56. The van der Waals surface area contributed by atoms with Crippen molar-refractivity contribution < 1.29 is 19.1 Å². The van der Waals surface area contributed by atoms with E-state index in [1.807, 2.05) is 44.2 Å². The summed E-state index contributed by atoms with van der Waals surface area (Å²) in [5.74, 6) is -0.976. The molecule has 3 rings (SSSR count). The summed E-state index contributed by atoms with van der Waals surface area (Å²) in [7, 11) is 0. The number of amides is 3. The van der Waals surface area contributed by atoms with Crippen molar-refractivity contribution in [3.63, 3.8) is 0 Å². The Hall–Kier alpha value is -3.62. The highest BCUT2D eigenvalue weighted by Gasteiger charge is 2.28. The summed E-state index contributed by atoms with van der Waals surface area (Å²) in [6.07, 6.45) is 2.58. The van der Waals surface area contributed by atoms with Crippen LogP contribution in [0.2, 0.25) is 0 Å². The van der Waals surface area contributed by atoms with Gasteiger partial charge in [0.2, 0.25) is 5.43 Å². The molecular formula is C24H30N4O5. The van der Waals surface area contributed by atoms with Crippen molar-refractivity contribution in [1.82, 2.24) is 19.7 Å². The van der Waals surface area contributed by atoms with E-state index in [2.05, 4.69) is 5.32 Å². The maximum atomic E-state index is 13.2. The fraction of sp³-hybridized carbons (Fsp3) is 0.417. The van der Waals surface area contributed by atoms with Crippen LogP contribution in [0.4, 0.5) is 4.79 Å². The Kier molecular flexibility index (Phi) is 7.87. The molecule has 0 unspecified atom stereocenters. The highest BCUT2D eigenvalue weighted by molar-refractivity contribution is 5.99. The van der Waals surface area contributed by atoms with Crippen molar-refractivity contribution >= 4 is 17.9 Å². The van der Waals surface area contributed by atoms with Gasteiger partial charge in [0.15, 0.2) is 0 Å². The van der Waals surface area contributed by atoms with Gasteiger partial charge in [-0.25, -0.2) is 4.79 Å². The van der Waals surface area contributed by atoms with Crippen molar-refractivity contribution in [3.05, 3.63) is 69.6 Å². The van der Waals surface area contributed by atoms with Crippen molar-refractivity contribution in [2.45, 2.75) is 33.4 Å². The second-order valence-corrected chi connectivity index (χ2v) is 8.10. The zero-order chi connectivity index (χ0) is 24.0. The van der Waals surface area contributed by atoms with E-state index in [9.17, 15) is 19.2 Å². The van der Waals surface area contributed by atoms with Gasteiger partial charge in [-0.2, -0.15) is 0 Å². The van der Waals surface area contributed by atoms with Crippen LogP contribution in [0.5, 0.6) is 0 Å². The number of piperazine rings is 1. The Morgan fingerprint density at radius 2 is 1.58 bits per heavy atom. The zero-order valence-corrected chi connectivity index (χ0v) is 19.2. The summed E-state index contributed by atoms with van der Waals surface area (Å²) in [5.41, 5.74) is 0.174. The molecule has 1 aromatic carbocycles. The van der Waals surface area contributed by atoms with E-state index in [4.69, 9.17) is 4.74 Å². The van der Waals surface area contributed by atoms with Crippen LogP contribution in [0, 0.1) is 0 Å². The number of hydrogen-bond acceptors (Lipinski definition) is 5. The Morgan fingerprint density at radius 1 is 0.970 bits per heavy atom. The number of rotatable bonds is 6. The Labute approximate surface area is 192 Å². The number of ether oxygens (including phenoxy) is 1. The number of carbonyl (C=O) groups excluding carboxylic acids is 3. The molecule has 9 heteroatoms. The van der Waals surface area contributed by atoms with Gasteiger partial charge in [-0.15, -0.1) is 0 Å². The molecule has 0 spiro atoms. The van der Waals surface area contributed by atoms with Crippen molar-refractivity contribution in [2.24, 2.45) is 0 Å². The van der Waals surface area contributed by atoms with Gasteiger partial charge in [-0.1, -0.05) is 30.3 Å². The molecule has 9 nitrogen and oxygen atoms in total. The zero-order valence-electron chi connectivity index (χ0n) is 19.2. The topological polar surface area (TPSA) is 101 Å². The Bertz CT molecular complexity index is 1060. The van der Waals surface area contributed by atoms with Crippen LogP contribution in [-0.2, 0) is 11.3 Å². The molecule has 2 aromatic rings. The number of aromatic nitrogens is 1. The second kappa shape index (κ2) is 10.8. The third-order valence-electron chi connectivity index (χ3n) is 5.51. The Morgan fingerprint density at radius 3 is 2.18 bits per heavy atom. The molecular weight excluding hydrogens is 424 g/mol. The lowest BCUT2D eigenvalue weighted by Gasteiger charge is -2.34. The first-order chi connectivity index (χ1) is 15.8. The minimum absolute atomic E-state index is 0.0550. The number of benzene rings is 1. The smallest absolute Gasteiger partial charge is 0.409 e. The molecule has 1 aliphatic rings. The highest BCUT2D eigenvalue weighted by Crippen LogP contribution is 2.12. The van der Waals surface area contributed by atoms with Crippen LogP contribution in [0.15, 0.2) is 47.5 Å². The van der Waals surface area contributed by atoms with Crippen LogP contribution in [0.1, 0.15) is 53.1 Å². The lowest BCUT2D eigenvalue weighted by Crippen LogP contribution is -2.51. The lowest BCUT2D eigenvalue weighted by atomic mass is 10.1.